The first-order chi connectivity index (χ1) is 11.2. The van der Waals surface area contributed by atoms with Crippen molar-refractivity contribution in [3.63, 3.8) is 0 Å². The Hall–Kier alpha value is 0.137. The van der Waals surface area contributed by atoms with Crippen molar-refractivity contribution in [3.05, 3.63) is 0 Å². The van der Waals surface area contributed by atoms with Crippen molar-refractivity contribution in [2.75, 3.05) is 13.2 Å². The first-order valence-corrected chi connectivity index (χ1v) is 12.4. The molecule has 0 amide bonds. The molecule has 136 valence electrons. The van der Waals surface area contributed by atoms with Gasteiger partial charge in [-0.1, -0.05) is 52.4 Å². The maximum absolute atomic E-state index is 6.65. The Morgan fingerprint density at radius 3 is 1.48 bits per heavy atom. The van der Waals surface area contributed by atoms with Crippen LogP contribution in [0.1, 0.15) is 91.9 Å². The van der Waals surface area contributed by atoms with Crippen LogP contribution in [0.3, 0.4) is 0 Å². The van der Waals surface area contributed by atoms with Gasteiger partial charge in [0.15, 0.2) is 0 Å². The smallest absolute Gasteiger partial charge is 0.344 e. The van der Waals surface area contributed by atoms with E-state index in [1.807, 2.05) is 0 Å². The molecule has 0 N–H and O–H groups in total. The van der Waals surface area contributed by atoms with Gasteiger partial charge < -0.3 is 8.85 Å². The van der Waals surface area contributed by atoms with E-state index >= 15 is 0 Å². The number of rotatable bonds is 8. The second kappa shape index (κ2) is 9.58. The Labute approximate surface area is 146 Å². The molecule has 3 heteroatoms. The van der Waals surface area contributed by atoms with Crippen molar-refractivity contribution in [2.45, 2.75) is 103 Å². The van der Waals surface area contributed by atoms with E-state index in [-0.39, 0.29) is 0 Å². The Morgan fingerprint density at radius 2 is 1.13 bits per heavy atom. The quantitative estimate of drug-likeness (QED) is 0.473. The molecule has 0 aromatic heterocycles. The van der Waals surface area contributed by atoms with Crippen LogP contribution in [0, 0.1) is 11.8 Å². The second-order valence-corrected chi connectivity index (χ2v) is 11.5. The molecule has 0 radical (unpaired) electrons. The van der Waals surface area contributed by atoms with Gasteiger partial charge in [-0.05, 0) is 51.4 Å². The number of hydrogen-bond acceptors (Lipinski definition) is 2. The van der Waals surface area contributed by atoms with Gasteiger partial charge in [-0.15, -0.1) is 0 Å². The van der Waals surface area contributed by atoms with E-state index in [9.17, 15) is 0 Å². The lowest BCUT2D eigenvalue weighted by atomic mass is 9.86. The Balaban J connectivity index is 2.22. The van der Waals surface area contributed by atoms with E-state index in [2.05, 4.69) is 27.7 Å². The molecule has 0 spiro atoms. The minimum atomic E-state index is -2.11. The highest BCUT2D eigenvalue weighted by Crippen LogP contribution is 2.52. The zero-order valence-corrected chi connectivity index (χ0v) is 17.1. The summed E-state index contributed by atoms with van der Waals surface area (Å²) >= 11 is 0. The predicted octanol–water partition coefficient (Wildman–Crippen LogP) is 6.44. The first kappa shape index (κ1) is 19.5. The van der Waals surface area contributed by atoms with Crippen molar-refractivity contribution in [2.24, 2.45) is 11.8 Å². The molecule has 2 rings (SSSR count). The molecule has 0 saturated heterocycles. The van der Waals surface area contributed by atoms with Crippen LogP contribution in [0.4, 0.5) is 0 Å². The normalized spacial score (nSPS) is 32.9. The van der Waals surface area contributed by atoms with Crippen molar-refractivity contribution in [1.29, 1.82) is 0 Å². The van der Waals surface area contributed by atoms with Crippen LogP contribution < -0.4 is 0 Å². The Kier molecular flexibility index (Phi) is 8.10. The molecular weight excluding hydrogens is 300 g/mol. The van der Waals surface area contributed by atoms with Crippen LogP contribution in [0.2, 0.25) is 11.1 Å². The summed E-state index contributed by atoms with van der Waals surface area (Å²) < 4.78 is 13.3. The molecule has 0 heterocycles. The molecule has 0 aliphatic heterocycles. The molecule has 4 unspecified atom stereocenters. The van der Waals surface area contributed by atoms with Crippen LogP contribution >= 0.6 is 0 Å². The molecule has 2 aliphatic carbocycles. The third kappa shape index (κ3) is 4.61. The Morgan fingerprint density at radius 1 is 0.696 bits per heavy atom. The van der Waals surface area contributed by atoms with Gasteiger partial charge in [0, 0.05) is 24.3 Å². The fraction of sp³-hybridized carbons (Fsp3) is 1.00. The third-order valence-electron chi connectivity index (χ3n) is 6.60. The molecule has 2 saturated carbocycles. The van der Waals surface area contributed by atoms with E-state index in [1.165, 1.54) is 64.2 Å². The summed E-state index contributed by atoms with van der Waals surface area (Å²) in [5.74, 6) is 1.82. The summed E-state index contributed by atoms with van der Waals surface area (Å²) in [5.41, 5.74) is 1.48. The topological polar surface area (TPSA) is 18.5 Å². The molecule has 0 bridgehead atoms. The van der Waals surface area contributed by atoms with Crippen LogP contribution in [-0.2, 0) is 8.85 Å². The van der Waals surface area contributed by atoms with Crippen LogP contribution in [0.25, 0.3) is 0 Å². The van der Waals surface area contributed by atoms with Gasteiger partial charge >= 0.3 is 8.56 Å². The van der Waals surface area contributed by atoms with Crippen molar-refractivity contribution >= 4 is 8.56 Å². The van der Waals surface area contributed by atoms with Gasteiger partial charge in [-0.3, -0.25) is 0 Å². The van der Waals surface area contributed by atoms with Gasteiger partial charge in [0.2, 0.25) is 0 Å². The highest BCUT2D eigenvalue weighted by molar-refractivity contribution is 6.70. The average molecular weight is 341 g/mol. The van der Waals surface area contributed by atoms with Crippen molar-refractivity contribution in [1.82, 2.24) is 0 Å². The standard InChI is InChI=1S/C20H40O2Si/c1-5-17-11-9-13-19(15-17)23(21-7-3,22-8-4)20-14-10-12-18(6-2)16-20/h17-20H,5-16H2,1-4H3. The zero-order chi connectivity index (χ0) is 16.7. The Bertz CT molecular complexity index is 302. The van der Waals surface area contributed by atoms with Crippen molar-refractivity contribution < 1.29 is 8.85 Å². The summed E-state index contributed by atoms with van der Waals surface area (Å²) in [6.07, 6.45) is 13.8. The lowest BCUT2D eigenvalue weighted by Gasteiger charge is -2.47. The SMILES string of the molecule is CCO[Si](OCC)(C1CCCC(CC)C1)C1CCCC(CC)C1. The van der Waals surface area contributed by atoms with E-state index in [1.54, 1.807) is 0 Å². The maximum Gasteiger partial charge on any atom is 0.344 e. The van der Waals surface area contributed by atoms with Gasteiger partial charge in [-0.25, -0.2) is 0 Å². The summed E-state index contributed by atoms with van der Waals surface area (Å²) in [6, 6.07) is 0. The zero-order valence-electron chi connectivity index (χ0n) is 16.1. The largest absolute Gasteiger partial charge is 0.394 e. The fourth-order valence-electron chi connectivity index (χ4n) is 5.35. The van der Waals surface area contributed by atoms with E-state index < -0.39 is 8.56 Å². The molecule has 4 atom stereocenters. The molecule has 2 nitrogen and oxygen atoms in total. The van der Waals surface area contributed by atoms with Gasteiger partial charge in [-0.2, -0.15) is 0 Å². The minimum Gasteiger partial charge on any atom is -0.394 e. The molecule has 0 aromatic carbocycles. The number of hydrogen-bond donors (Lipinski definition) is 0. The molecule has 0 aromatic rings. The molecule has 2 aliphatic rings. The molecule has 2 fully saturated rings. The lowest BCUT2D eigenvalue weighted by Crippen LogP contribution is -2.53. The van der Waals surface area contributed by atoms with Crippen LogP contribution in [0.15, 0.2) is 0 Å². The predicted molar refractivity (Wildman–Crippen MR) is 101 cm³/mol. The monoisotopic (exact) mass is 340 g/mol. The maximum atomic E-state index is 6.65. The highest BCUT2D eigenvalue weighted by atomic mass is 28.4. The summed E-state index contributed by atoms with van der Waals surface area (Å²) in [7, 11) is -2.11. The summed E-state index contributed by atoms with van der Waals surface area (Å²) in [6.45, 7) is 10.8. The average Bonchev–Trinajstić information content (AvgIpc) is 2.61. The van der Waals surface area contributed by atoms with E-state index in [0.29, 0.717) is 0 Å². The second-order valence-electron chi connectivity index (χ2n) is 7.86. The minimum absolute atomic E-state index is 0.738. The van der Waals surface area contributed by atoms with Gasteiger partial charge in [0.05, 0.1) is 0 Å². The molecule has 23 heavy (non-hydrogen) atoms. The van der Waals surface area contributed by atoms with Crippen LogP contribution in [-0.4, -0.2) is 21.8 Å². The van der Waals surface area contributed by atoms with Gasteiger partial charge in [0.1, 0.15) is 0 Å². The lowest BCUT2D eigenvalue weighted by molar-refractivity contribution is 0.134. The third-order valence-corrected chi connectivity index (χ3v) is 11.4. The van der Waals surface area contributed by atoms with Gasteiger partial charge in [0.25, 0.3) is 0 Å². The first-order valence-electron chi connectivity index (χ1n) is 10.5. The summed E-state index contributed by atoms with van der Waals surface area (Å²) in [5, 5.41) is 0. The van der Waals surface area contributed by atoms with E-state index in [0.717, 1.165) is 36.1 Å². The highest BCUT2D eigenvalue weighted by Gasteiger charge is 2.53. The van der Waals surface area contributed by atoms with E-state index in [4.69, 9.17) is 8.85 Å². The van der Waals surface area contributed by atoms with Crippen molar-refractivity contribution in [3.8, 4) is 0 Å². The fourth-order valence-corrected chi connectivity index (χ4v) is 10.5. The summed E-state index contributed by atoms with van der Waals surface area (Å²) in [4.78, 5) is 0. The van der Waals surface area contributed by atoms with Crippen LogP contribution in [0.5, 0.6) is 0 Å². The molecular formula is C20H40O2Si.